The van der Waals surface area contributed by atoms with Gasteiger partial charge in [-0.1, -0.05) is 96.2 Å². The summed E-state index contributed by atoms with van der Waals surface area (Å²) in [7, 11) is 1.60. The Morgan fingerprint density at radius 2 is 1.49 bits per heavy atom. The highest BCUT2D eigenvalue weighted by Gasteiger charge is 2.26. The van der Waals surface area contributed by atoms with E-state index >= 15 is 0 Å². The van der Waals surface area contributed by atoms with E-state index < -0.39 is 5.91 Å². The summed E-state index contributed by atoms with van der Waals surface area (Å²) in [5.74, 6) is 0.709. The van der Waals surface area contributed by atoms with Crippen LogP contribution in [0.5, 0.6) is 5.75 Å². The van der Waals surface area contributed by atoms with Crippen LogP contribution in [0.25, 0.3) is 22.4 Å². The van der Waals surface area contributed by atoms with E-state index in [0.717, 1.165) is 39.3 Å². The molecule has 0 bridgehead atoms. The van der Waals surface area contributed by atoms with Crippen molar-refractivity contribution in [2.24, 2.45) is 5.16 Å². The smallest absolute Gasteiger partial charge is 0.266 e. The van der Waals surface area contributed by atoms with Crippen molar-refractivity contribution >= 4 is 17.9 Å². The van der Waals surface area contributed by atoms with Gasteiger partial charge in [-0.05, 0) is 46.5 Å². The summed E-state index contributed by atoms with van der Waals surface area (Å²) in [6.45, 7) is 0.119. The molecule has 0 spiro atoms. The van der Waals surface area contributed by atoms with Crippen LogP contribution >= 0.6 is 0 Å². The summed E-state index contributed by atoms with van der Waals surface area (Å²) < 4.78 is 7.15. The molecule has 0 saturated carbocycles. The number of carbonyl (C=O) groups excluding carboxylic acids is 1. The number of hydrogen-bond donors (Lipinski definition) is 1. The first-order valence-electron chi connectivity index (χ1n) is 13.1. The molecule has 5 rings (SSSR count). The number of anilines is 1. The van der Waals surface area contributed by atoms with Crippen LogP contribution in [0, 0.1) is 11.3 Å². The van der Waals surface area contributed by atoms with Crippen LogP contribution in [0.2, 0.25) is 0 Å². The van der Waals surface area contributed by atoms with Gasteiger partial charge >= 0.3 is 0 Å². The summed E-state index contributed by atoms with van der Waals surface area (Å²) in [6.07, 6.45) is 1.52. The average molecular weight is 541 g/mol. The Bertz CT molecular complexity index is 1670. The SMILES string of the molecule is COc1ccc(/C=N/OCC(=O)Nc2c(C#N)c(-c3ccccc3)c(-c3ccccc3)n2Cc2ccccc2)cc1. The number of nitrogens with one attached hydrogen (secondary N) is 1. The van der Waals surface area contributed by atoms with Crippen molar-refractivity contribution in [3.8, 4) is 34.2 Å². The summed E-state index contributed by atoms with van der Waals surface area (Å²) in [6, 6.07) is 39.2. The monoisotopic (exact) mass is 540 g/mol. The number of aromatic nitrogens is 1. The lowest BCUT2D eigenvalue weighted by molar-refractivity contribution is -0.120. The second-order valence-electron chi connectivity index (χ2n) is 9.19. The van der Waals surface area contributed by atoms with Crippen molar-refractivity contribution in [2.75, 3.05) is 19.0 Å². The fourth-order valence-corrected chi connectivity index (χ4v) is 4.62. The van der Waals surface area contributed by atoms with Gasteiger partial charge in [0.2, 0.25) is 0 Å². The van der Waals surface area contributed by atoms with Gasteiger partial charge in [-0.3, -0.25) is 4.79 Å². The predicted molar refractivity (Wildman–Crippen MR) is 161 cm³/mol. The molecular weight excluding hydrogens is 512 g/mol. The molecule has 1 heterocycles. The Labute approximate surface area is 238 Å². The Hall–Kier alpha value is -5.61. The molecule has 202 valence electrons. The van der Waals surface area contributed by atoms with Crippen molar-refractivity contribution in [2.45, 2.75) is 6.54 Å². The molecule has 7 nitrogen and oxygen atoms in total. The zero-order valence-corrected chi connectivity index (χ0v) is 22.5. The minimum Gasteiger partial charge on any atom is -0.497 e. The molecule has 0 unspecified atom stereocenters. The van der Waals surface area contributed by atoms with Crippen LogP contribution < -0.4 is 10.1 Å². The Kier molecular flexibility index (Phi) is 8.53. The summed E-state index contributed by atoms with van der Waals surface area (Å²) >= 11 is 0. The number of amides is 1. The zero-order chi connectivity index (χ0) is 28.4. The first-order chi connectivity index (χ1) is 20.2. The number of oxime groups is 1. The van der Waals surface area contributed by atoms with Crippen LogP contribution in [0.3, 0.4) is 0 Å². The minimum absolute atomic E-state index is 0.324. The van der Waals surface area contributed by atoms with Crippen LogP contribution in [0.4, 0.5) is 5.82 Å². The van der Waals surface area contributed by atoms with Crippen LogP contribution in [0.1, 0.15) is 16.7 Å². The molecule has 4 aromatic carbocycles. The molecule has 0 radical (unpaired) electrons. The molecule has 5 aromatic rings. The number of benzene rings is 4. The van der Waals surface area contributed by atoms with Gasteiger partial charge in [-0.15, -0.1) is 0 Å². The maximum absolute atomic E-state index is 13.1. The van der Waals surface area contributed by atoms with Crippen LogP contribution in [0.15, 0.2) is 120 Å². The Morgan fingerprint density at radius 1 is 0.878 bits per heavy atom. The van der Waals surface area contributed by atoms with E-state index in [9.17, 15) is 10.1 Å². The van der Waals surface area contributed by atoms with Crippen molar-refractivity contribution in [1.82, 2.24) is 4.57 Å². The van der Waals surface area contributed by atoms with E-state index in [4.69, 9.17) is 9.57 Å². The second-order valence-corrected chi connectivity index (χ2v) is 9.19. The molecule has 41 heavy (non-hydrogen) atoms. The summed E-state index contributed by atoms with van der Waals surface area (Å²) in [5, 5.41) is 17.3. The van der Waals surface area contributed by atoms with Gasteiger partial charge in [-0.2, -0.15) is 5.26 Å². The highest BCUT2D eigenvalue weighted by Crippen LogP contribution is 2.42. The quantitative estimate of drug-likeness (QED) is 0.157. The lowest BCUT2D eigenvalue weighted by Crippen LogP contribution is -2.20. The van der Waals surface area contributed by atoms with Crippen molar-refractivity contribution < 1.29 is 14.4 Å². The van der Waals surface area contributed by atoms with Crippen LogP contribution in [-0.4, -0.2) is 30.4 Å². The molecule has 1 aromatic heterocycles. The molecule has 0 aliphatic carbocycles. The van der Waals surface area contributed by atoms with Gasteiger partial charge in [0.25, 0.3) is 5.91 Å². The number of methoxy groups -OCH3 is 1. The first kappa shape index (κ1) is 27.0. The van der Waals surface area contributed by atoms with E-state index in [1.165, 1.54) is 6.21 Å². The maximum atomic E-state index is 13.1. The van der Waals surface area contributed by atoms with Crippen molar-refractivity contribution in [3.63, 3.8) is 0 Å². The highest BCUT2D eigenvalue weighted by molar-refractivity contribution is 5.98. The largest absolute Gasteiger partial charge is 0.497 e. The molecular formula is C34H28N4O3. The molecule has 0 aliphatic heterocycles. The van der Waals surface area contributed by atoms with Crippen molar-refractivity contribution in [3.05, 3.63) is 132 Å². The number of ether oxygens (including phenoxy) is 1. The van der Waals surface area contributed by atoms with Crippen LogP contribution in [-0.2, 0) is 16.2 Å². The molecule has 0 aliphatic rings. The minimum atomic E-state index is -0.431. The molecule has 0 fully saturated rings. The topological polar surface area (TPSA) is 88.6 Å². The van der Waals surface area contributed by atoms with E-state index in [1.807, 2.05) is 120 Å². The van der Waals surface area contributed by atoms with Gasteiger partial charge in [0, 0.05) is 12.1 Å². The third-order valence-corrected chi connectivity index (χ3v) is 6.51. The number of nitriles is 1. The molecule has 0 atom stereocenters. The lowest BCUT2D eigenvalue weighted by atomic mass is 9.98. The molecule has 1 N–H and O–H groups in total. The van der Waals surface area contributed by atoms with Gasteiger partial charge in [-0.25, -0.2) is 0 Å². The number of carbonyl (C=O) groups is 1. The third kappa shape index (κ3) is 6.35. The maximum Gasteiger partial charge on any atom is 0.266 e. The first-order valence-corrected chi connectivity index (χ1v) is 13.1. The highest BCUT2D eigenvalue weighted by atomic mass is 16.6. The van der Waals surface area contributed by atoms with Gasteiger partial charge in [0.15, 0.2) is 6.61 Å². The number of hydrogen-bond acceptors (Lipinski definition) is 5. The summed E-state index contributed by atoms with van der Waals surface area (Å²) in [4.78, 5) is 18.4. The molecule has 7 heteroatoms. The van der Waals surface area contributed by atoms with E-state index in [0.29, 0.717) is 17.9 Å². The van der Waals surface area contributed by atoms with Gasteiger partial charge in [0.1, 0.15) is 23.2 Å². The third-order valence-electron chi connectivity index (χ3n) is 6.51. The summed E-state index contributed by atoms with van der Waals surface area (Å²) in [5.41, 5.74) is 5.61. The predicted octanol–water partition coefficient (Wildman–Crippen LogP) is 6.74. The Morgan fingerprint density at radius 3 is 2.10 bits per heavy atom. The zero-order valence-electron chi connectivity index (χ0n) is 22.5. The fraction of sp³-hybridized carbons (Fsp3) is 0.0882. The number of nitrogens with zero attached hydrogens (tertiary/aromatic N) is 3. The lowest BCUT2D eigenvalue weighted by Gasteiger charge is -2.15. The van der Waals surface area contributed by atoms with E-state index in [-0.39, 0.29) is 6.61 Å². The average Bonchev–Trinajstić information content (AvgIpc) is 3.33. The fourth-order valence-electron chi connectivity index (χ4n) is 4.62. The van der Waals surface area contributed by atoms with Crippen molar-refractivity contribution in [1.29, 1.82) is 5.26 Å². The van der Waals surface area contributed by atoms with Gasteiger partial charge in [0.05, 0.1) is 19.0 Å². The van der Waals surface area contributed by atoms with E-state index in [1.54, 1.807) is 7.11 Å². The van der Waals surface area contributed by atoms with Gasteiger partial charge < -0.3 is 19.5 Å². The van der Waals surface area contributed by atoms with E-state index in [2.05, 4.69) is 16.5 Å². The standard InChI is InChI=1S/C34H28N4O3/c1-40-29-19-17-25(18-20-29)22-36-41-24-31(39)37-34-30(21-35)32(27-13-7-3-8-14-27)33(28-15-9-4-10-16-28)38(34)23-26-11-5-2-6-12-26/h2-20,22H,23-24H2,1H3,(H,37,39)/b36-22+. The molecule has 0 saturated heterocycles. The second kappa shape index (κ2) is 13.0. The number of rotatable bonds is 10. The normalized spacial score (nSPS) is 10.7. The Balaban J connectivity index is 1.51. The molecule has 1 amide bonds.